The van der Waals surface area contributed by atoms with Crippen LogP contribution in [0.1, 0.15) is 6.92 Å². The molecule has 0 unspecified atom stereocenters. The summed E-state index contributed by atoms with van der Waals surface area (Å²) in [5, 5.41) is 8.41. The molecular weight excluding hydrogens is 154 g/mol. The SMILES string of the molecule is CC(=O)[C@](N)(CS)C(=O)O. The van der Waals surface area contributed by atoms with Crippen LogP contribution in [-0.4, -0.2) is 28.2 Å². The van der Waals surface area contributed by atoms with Gasteiger partial charge in [-0.3, -0.25) is 4.79 Å². The first-order valence-corrected chi connectivity index (χ1v) is 3.22. The number of thiol groups is 1. The van der Waals surface area contributed by atoms with Crippen molar-refractivity contribution < 1.29 is 14.7 Å². The van der Waals surface area contributed by atoms with Gasteiger partial charge in [0.15, 0.2) is 11.3 Å². The predicted molar refractivity (Wildman–Crippen MR) is 39.1 cm³/mol. The van der Waals surface area contributed by atoms with Crippen molar-refractivity contribution in [3.63, 3.8) is 0 Å². The minimum absolute atomic E-state index is 0.183. The lowest BCUT2D eigenvalue weighted by Crippen LogP contribution is -2.55. The number of carbonyl (C=O) groups excluding carboxylic acids is 1. The Labute approximate surface area is 63.8 Å². The molecule has 0 aliphatic carbocycles. The van der Waals surface area contributed by atoms with E-state index in [-0.39, 0.29) is 5.75 Å². The fraction of sp³-hybridized carbons (Fsp3) is 0.600. The Morgan fingerprint density at radius 2 is 2.10 bits per heavy atom. The van der Waals surface area contributed by atoms with Crippen LogP contribution >= 0.6 is 12.6 Å². The van der Waals surface area contributed by atoms with Gasteiger partial charge in [0, 0.05) is 5.75 Å². The molecule has 0 rings (SSSR count). The van der Waals surface area contributed by atoms with Crippen LogP contribution in [0.25, 0.3) is 0 Å². The predicted octanol–water partition coefficient (Wildman–Crippen LogP) is -0.713. The van der Waals surface area contributed by atoms with Crippen molar-refractivity contribution in [1.82, 2.24) is 0 Å². The largest absolute Gasteiger partial charge is 0.480 e. The summed E-state index contributed by atoms with van der Waals surface area (Å²) in [5.41, 5.74) is 3.34. The zero-order valence-electron chi connectivity index (χ0n) is 5.50. The average molecular weight is 163 g/mol. The fourth-order valence-corrected chi connectivity index (χ4v) is 0.687. The summed E-state index contributed by atoms with van der Waals surface area (Å²) in [7, 11) is 0. The van der Waals surface area contributed by atoms with E-state index in [4.69, 9.17) is 10.8 Å². The zero-order chi connectivity index (χ0) is 8.36. The van der Waals surface area contributed by atoms with E-state index in [1.807, 2.05) is 0 Å². The second-order valence-electron chi connectivity index (χ2n) is 1.99. The molecule has 0 aromatic rings. The lowest BCUT2D eigenvalue weighted by atomic mass is 9.99. The Hall–Kier alpha value is -0.550. The van der Waals surface area contributed by atoms with Gasteiger partial charge in [-0.25, -0.2) is 4.79 Å². The molecule has 0 fully saturated rings. The topological polar surface area (TPSA) is 80.4 Å². The highest BCUT2D eigenvalue weighted by molar-refractivity contribution is 7.80. The second-order valence-corrected chi connectivity index (χ2v) is 2.31. The van der Waals surface area contributed by atoms with Crippen molar-refractivity contribution in [2.45, 2.75) is 12.5 Å². The van der Waals surface area contributed by atoms with Crippen LogP contribution < -0.4 is 5.73 Å². The average Bonchev–Trinajstić information content (AvgIpc) is 1.85. The molecule has 0 spiro atoms. The molecule has 0 saturated heterocycles. The summed E-state index contributed by atoms with van der Waals surface area (Å²) < 4.78 is 0. The Bertz CT molecular complexity index is 154. The number of aliphatic carboxylic acids is 1. The number of nitrogens with two attached hydrogens (primary N) is 1. The van der Waals surface area contributed by atoms with E-state index >= 15 is 0 Å². The molecule has 1 atom stereocenters. The molecule has 4 nitrogen and oxygen atoms in total. The van der Waals surface area contributed by atoms with Crippen LogP contribution in [0.5, 0.6) is 0 Å². The maximum absolute atomic E-state index is 10.6. The highest BCUT2D eigenvalue weighted by atomic mass is 32.1. The van der Waals surface area contributed by atoms with Gasteiger partial charge in [0.25, 0.3) is 0 Å². The smallest absolute Gasteiger partial charge is 0.332 e. The van der Waals surface area contributed by atoms with Gasteiger partial charge in [0.1, 0.15) is 0 Å². The molecule has 0 amide bonds. The highest BCUT2D eigenvalue weighted by Crippen LogP contribution is 2.04. The van der Waals surface area contributed by atoms with Crippen LogP contribution in [0.15, 0.2) is 0 Å². The molecule has 0 aliphatic heterocycles. The first-order valence-electron chi connectivity index (χ1n) is 2.59. The number of carboxylic acids is 1. The number of carboxylic acid groups (broad SMARTS) is 1. The third-order valence-electron chi connectivity index (χ3n) is 1.26. The standard InChI is InChI=1S/C5H9NO3S/c1-3(7)5(6,2-10)4(8)9/h10H,2,6H2,1H3,(H,8,9)/t5-/m1/s1. The Morgan fingerprint density at radius 1 is 1.70 bits per heavy atom. The first kappa shape index (κ1) is 9.45. The summed E-state index contributed by atoms with van der Waals surface area (Å²) in [6, 6.07) is 0. The summed E-state index contributed by atoms with van der Waals surface area (Å²) in [6.07, 6.45) is 0. The molecule has 5 heteroatoms. The van der Waals surface area contributed by atoms with Gasteiger partial charge < -0.3 is 10.8 Å². The fourth-order valence-electron chi connectivity index (χ4n) is 0.330. The summed E-state index contributed by atoms with van der Waals surface area (Å²) in [6.45, 7) is 1.13. The monoisotopic (exact) mass is 163 g/mol. The van der Waals surface area contributed by atoms with Crippen LogP contribution in [-0.2, 0) is 9.59 Å². The van der Waals surface area contributed by atoms with E-state index in [2.05, 4.69) is 12.6 Å². The van der Waals surface area contributed by atoms with Crippen molar-refractivity contribution in [3.8, 4) is 0 Å². The summed E-state index contributed by atoms with van der Waals surface area (Å²) in [4.78, 5) is 20.9. The van der Waals surface area contributed by atoms with Crippen LogP contribution in [0.3, 0.4) is 0 Å². The summed E-state index contributed by atoms with van der Waals surface area (Å²) in [5.74, 6) is -2.11. The molecular formula is C5H9NO3S. The van der Waals surface area contributed by atoms with E-state index < -0.39 is 17.3 Å². The van der Waals surface area contributed by atoms with E-state index in [1.165, 1.54) is 0 Å². The lowest BCUT2D eigenvalue weighted by Gasteiger charge is -2.17. The van der Waals surface area contributed by atoms with Gasteiger partial charge in [-0.05, 0) is 6.92 Å². The number of ketones is 1. The minimum atomic E-state index is -1.82. The summed E-state index contributed by atoms with van der Waals surface area (Å²) >= 11 is 3.65. The Morgan fingerprint density at radius 3 is 2.10 bits per heavy atom. The molecule has 0 heterocycles. The van der Waals surface area contributed by atoms with Crippen molar-refractivity contribution in [2.75, 3.05) is 5.75 Å². The Balaban J connectivity index is 4.55. The van der Waals surface area contributed by atoms with E-state index in [1.54, 1.807) is 0 Å². The molecule has 0 radical (unpaired) electrons. The van der Waals surface area contributed by atoms with Crippen molar-refractivity contribution in [1.29, 1.82) is 0 Å². The van der Waals surface area contributed by atoms with E-state index in [9.17, 15) is 9.59 Å². The highest BCUT2D eigenvalue weighted by Gasteiger charge is 2.37. The molecule has 0 saturated carbocycles. The van der Waals surface area contributed by atoms with Crippen LogP contribution in [0.4, 0.5) is 0 Å². The molecule has 0 bridgehead atoms. The molecule has 10 heavy (non-hydrogen) atoms. The molecule has 58 valence electrons. The molecule has 3 N–H and O–H groups in total. The third kappa shape index (κ3) is 1.48. The first-order chi connectivity index (χ1) is 4.45. The maximum Gasteiger partial charge on any atom is 0.332 e. The molecule has 0 aromatic heterocycles. The Kier molecular flexibility index (Phi) is 2.86. The second kappa shape index (κ2) is 3.03. The van der Waals surface area contributed by atoms with Gasteiger partial charge in [-0.1, -0.05) is 0 Å². The number of carbonyl (C=O) groups is 2. The zero-order valence-corrected chi connectivity index (χ0v) is 6.39. The molecule has 0 aliphatic rings. The van der Waals surface area contributed by atoms with Crippen molar-refractivity contribution in [3.05, 3.63) is 0 Å². The molecule has 0 aromatic carbocycles. The van der Waals surface area contributed by atoms with Gasteiger partial charge >= 0.3 is 5.97 Å². The number of Topliss-reactive ketones (excluding diaryl/α,β-unsaturated/α-hetero) is 1. The van der Waals surface area contributed by atoms with Crippen LogP contribution in [0, 0.1) is 0 Å². The lowest BCUT2D eigenvalue weighted by molar-refractivity contribution is -0.146. The van der Waals surface area contributed by atoms with Crippen LogP contribution in [0.2, 0.25) is 0 Å². The van der Waals surface area contributed by atoms with Gasteiger partial charge in [0.05, 0.1) is 0 Å². The van der Waals surface area contributed by atoms with Gasteiger partial charge in [-0.15, -0.1) is 0 Å². The third-order valence-corrected chi connectivity index (χ3v) is 1.76. The van der Waals surface area contributed by atoms with Gasteiger partial charge in [0.2, 0.25) is 0 Å². The minimum Gasteiger partial charge on any atom is -0.480 e. The van der Waals surface area contributed by atoms with E-state index in [0.717, 1.165) is 6.92 Å². The van der Waals surface area contributed by atoms with Gasteiger partial charge in [-0.2, -0.15) is 12.6 Å². The maximum atomic E-state index is 10.6. The van der Waals surface area contributed by atoms with E-state index in [0.29, 0.717) is 0 Å². The number of hydrogen-bond acceptors (Lipinski definition) is 4. The number of rotatable bonds is 3. The quantitative estimate of drug-likeness (QED) is 0.379. The normalized spacial score (nSPS) is 15.9. The van der Waals surface area contributed by atoms with Crippen molar-refractivity contribution >= 4 is 24.4 Å². The van der Waals surface area contributed by atoms with Crippen molar-refractivity contribution in [2.24, 2.45) is 5.73 Å². The number of hydrogen-bond donors (Lipinski definition) is 3.